The minimum Gasteiger partial charge on any atom is -0.445 e. The molecular formula is C18H19FN3O4S. The number of nitrogens with one attached hydrogen (secondary N) is 1. The van der Waals surface area contributed by atoms with Crippen LogP contribution in [0.4, 0.5) is 9.52 Å². The summed E-state index contributed by atoms with van der Waals surface area (Å²) in [6.45, 7) is 2.59. The lowest BCUT2D eigenvalue weighted by atomic mass is 9.97. The monoisotopic (exact) mass is 392 g/mol. The Morgan fingerprint density at radius 2 is 1.96 bits per heavy atom. The van der Waals surface area contributed by atoms with Crippen molar-refractivity contribution >= 4 is 28.3 Å². The minimum absolute atomic E-state index is 0.112. The molecule has 0 unspecified atom stereocenters. The van der Waals surface area contributed by atoms with Gasteiger partial charge in [0, 0.05) is 19.1 Å². The van der Waals surface area contributed by atoms with Gasteiger partial charge < -0.3 is 20.5 Å². The Kier molecular flexibility index (Phi) is 6.02. The summed E-state index contributed by atoms with van der Waals surface area (Å²) in [7, 11) is 0. The third-order valence-corrected chi connectivity index (χ3v) is 5.05. The molecule has 2 heterocycles. The number of primary amides is 1. The first-order valence-electron chi connectivity index (χ1n) is 8.40. The Balaban J connectivity index is 1.84. The van der Waals surface area contributed by atoms with Crippen molar-refractivity contribution in [3.05, 3.63) is 41.7 Å². The highest BCUT2D eigenvalue weighted by molar-refractivity contribution is 7.17. The zero-order chi connectivity index (χ0) is 19.4. The quantitative estimate of drug-likeness (QED) is 0.736. The average Bonchev–Trinajstić information content (AvgIpc) is 3.05. The number of rotatable bonds is 6. The first-order valence-corrected chi connectivity index (χ1v) is 9.22. The van der Waals surface area contributed by atoms with Crippen LogP contribution in [0.25, 0.3) is 0 Å². The van der Waals surface area contributed by atoms with E-state index in [-0.39, 0.29) is 17.7 Å². The van der Waals surface area contributed by atoms with E-state index in [1.165, 1.54) is 31.2 Å². The molecule has 0 atom stereocenters. The molecule has 1 aliphatic rings. The Labute approximate surface area is 159 Å². The number of amides is 2. The van der Waals surface area contributed by atoms with Crippen LogP contribution in [0.15, 0.2) is 24.3 Å². The predicted molar refractivity (Wildman–Crippen MR) is 98.1 cm³/mol. The molecule has 7 nitrogen and oxygen atoms in total. The van der Waals surface area contributed by atoms with Crippen LogP contribution in [-0.4, -0.2) is 30.0 Å². The summed E-state index contributed by atoms with van der Waals surface area (Å²) in [6, 6.07) is 5.65. The molecule has 0 spiro atoms. The first-order chi connectivity index (χ1) is 12.9. The number of hydrogen-bond donors (Lipinski definition) is 2. The maximum absolute atomic E-state index is 13.1. The van der Waals surface area contributed by atoms with Crippen molar-refractivity contribution in [1.82, 2.24) is 4.98 Å². The van der Waals surface area contributed by atoms with Crippen LogP contribution in [0.2, 0.25) is 0 Å². The highest BCUT2D eigenvalue weighted by atomic mass is 32.1. The summed E-state index contributed by atoms with van der Waals surface area (Å²) in [5.74, 6) is -1.29. The van der Waals surface area contributed by atoms with E-state index in [1.54, 1.807) is 0 Å². The fourth-order valence-corrected chi connectivity index (χ4v) is 3.50. The summed E-state index contributed by atoms with van der Waals surface area (Å²) >= 11 is 1.14. The van der Waals surface area contributed by atoms with Crippen molar-refractivity contribution in [2.45, 2.75) is 25.7 Å². The van der Waals surface area contributed by atoms with E-state index >= 15 is 0 Å². The van der Waals surface area contributed by atoms with Gasteiger partial charge in [-0.05, 0) is 44.0 Å². The molecule has 1 aliphatic heterocycles. The average molecular weight is 392 g/mol. The lowest BCUT2D eigenvalue weighted by Crippen LogP contribution is -2.30. The van der Waals surface area contributed by atoms with Gasteiger partial charge in [0.25, 0.3) is 0 Å². The molecule has 9 heteroatoms. The van der Waals surface area contributed by atoms with Gasteiger partial charge in [0.2, 0.25) is 16.9 Å². The summed E-state index contributed by atoms with van der Waals surface area (Å²) < 4.78 is 24.4. The number of ether oxygens (including phenoxy) is 2. The van der Waals surface area contributed by atoms with Crippen LogP contribution >= 0.6 is 11.3 Å². The van der Waals surface area contributed by atoms with Crippen molar-refractivity contribution < 1.29 is 23.5 Å². The van der Waals surface area contributed by atoms with Crippen LogP contribution in [0, 0.1) is 11.7 Å². The normalized spacial score (nSPS) is 14.9. The van der Waals surface area contributed by atoms with Crippen LogP contribution in [0.3, 0.4) is 0 Å². The fraction of sp³-hybridized carbons (Fsp3) is 0.333. The molecule has 0 aliphatic carbocycles. The van der Waals surface area contributed by atoms with Crippen LogP contribution in [0.5, 0.6) is 10.8 Å². The molecule has 1 radical (unpaired) electrons. The van der Waals surface area contributed by atoms with Gasteiger partial charge in [-0.2, -0.15) is 0 Å². The lowest BCUT2D eigenvalue weighted by molar-refractivity contribution is -0.122. The van der Waals surface area contributed by atoms with Gasteiger partial charge in [-0.15, -0.1) is 0 Å². The molecule has 2 amide bonds. The van der Waals surface area contributed by atoms with Gasteiger partial charge >= 0.3 is 0 Å². The maximum Gasteiger partial charge on any atom is 0.243 e. The summed E-state index contributed by atoms with van der Waals surface area (Å²) in [5, 5.41) is 3.40. The number of halogens is 1. The molecule has 0 saturated carbocycles. The van der Waals surface area contributed by atoms with E-state index in [2.05, 4.69) is 10.3 Å². The van der Waals surface area contributed by atoms with Gasteiger partial charge in [-0.1, -0.05) is 11.3 Å². The standard InChI is InChI=1S/C18H19FN3O4S/c1-10(15(20)23)16(24)22-18-21-14(11-6-8-25-9-7-11)17(27-18)26-13-4-2-12(19)3-5-13/h2-5,11H,6-9H2,1H3,(H2,20,23)(H,21,22,24). The van der Waals surface area contributed by atoms with Gasteiger partial charge in [0.05, 0.1) is 0 Å². The van der Waals surface area contributed by atoms with Gasteiger partial charge in [0.1, 0.15) is 23.2 Å². The number of nitrogens with two attached hydrogens (primary N) is 1. The zero-order valence-corrected chi connectivity index (χ0v) is 15.5. The van der Waals surface area contributed by atoms with E-state index in [0.717, 1.165) is 24.2 Å². The number of nitrogens with zero attached hydrogens (tertiary/aromatic N) is 1. The predicted octanol–water partition coefficient (Wildman–Crippen LogP) is 2.99. The van der Waals surface area contributed by atoms with Gasteiger partial charge in [-0.25, -0.2) is 9.37 Å². The van der Waals surface area contributed by atoms with E-state index < -0.39 is 11.8 Å². The Morgan fingerprint density at radius 1 is 1.30 bits per heavy atom. The molecule has 1 fully saturated rings. The van der Waals surface area contributed by atoms with E-state index in [9.17, 15) is 14.0 Å². The van der Waals surface area contributed by atoms with E-state index in [0.29, 0.717) is 34.9 Å². The SMILES string of the molecule is C[C](C(N)=O)C(=O)Nc1nc(C2CCOCC2)c(Oc2ccc(F)cc2)s1. The molecule has 1 aromatic heterocycles. The highest BCUT2D eigenvalue weighted by Gasteiger charge is 2.27. The zero-order valence-electron chi connectivity index (χ0n) is 14.7. The molecule has 3 rings (SSSR count). The second-order valence-electron chi connectivity index (χ2n) is 6.08. The smallest absolute Gasteiger partial charge is 0.243 e. The van der Waals surface area contributed by atoms with E-state index in [1.807, 2.05) is 0 Å². The van der Waals surface area contributed by atoms with Crippen LogP contribution < -0.4 is 15.8 Å². The van der Waals surface area contributed by atoms with E-state index in [4.69, 9.17) is 15.2 Å². The van der Waals surface area contributed by atoms with Gasteiger partial charge in [0.15, 0.2) is 5.13 Å². The summed E-state index contributed by atoms with van der Waals surface area (Å²) in [4.78, 5) is 27.7. The van der Waals surface area contributed by atoms with Crippen molar-refractivity contribution in [3.63, 3.8) is 0 Å². The van der Waals surface area contributed by atoms with Crippen molar-refractivity contribution in [3.8, 4) is 10.8 Å². The molecule has 3 N–H and O–H groups in total. The maximum atomic E-state index is 13.1. The largest absolute Gasteiger partial charge is 0.445 e. The topological polar surface area (TPSA) is 104 Å². The number of aromatic nitrogens is 1. The molecule has 1 saturated heterocycles. The minimum atomic E-state index is -0.795. The second kappa shape index (κ2) is 8.45. The first kappa shape index (κ1) is 19.2. The molecular weight excluding hydrogens is 373 g/mol. The molecule has 27 heavy (non-hydrogen) atoms. The third kappa shape index (κ3) is 4.81. The van der Waals surface area contributed by atoms with Crippen LogP contribution in [0.1, 0.15) is 31.4 Å². The molecule has 2 aromatic rings. The molecule has 143 valence electrons. The molecule has 0 bridgehead atoms. The third-order valence-electron chi connectivity index (χ3n) is 4.18. The second-order valence-corrected chi connectivity index (χ2v) is 7.04. The number of carbonyl (C=O) groups excluding carboxylic acids is 2. The Bertz CT molecular complexity index is 819. The number of carbonyl (C=O) groups is 2. The summed E-state index contributed by atoms with van der Waals surface area (Å²) in [6.07, 6.45) is 1.56. The highest BCUT2D eigenvalue weighted by Crippen LogP contribution is 2.41. The summed E-state index contributed by atoms with van der Waals surface area (Å²) in [5.41, 5.74) is 5.84. The Morgan fingerprint density at radius 3 is 2.59 bits per heavy atom. The number of thiazole rings is 1. The number of hydrogen-bond acceptors (Lipinski definition) is 6. The van der Waals surface area contributed by atoms with Crippen molar-refractivity contribution in [1.29, 1.82) is 0 Å². The van der Waals surface area contributed by atoms with Crippen molar-refractivity contribution in [2.24, 2.45) is 5.73 Å². The fourth-order valence-electron chi connectivity index (χ4n) is 2.59. The lowest BCUT2D eigenvalue weighted by Gasteiger charge is -2.21. The van der Waals surface area contributed by atoms with Gasteiger partial charge in [-0.3, -0.25) is 9.59 Å². The Hall–Kier alpha value is -2.52. The number of benzene rings is 1. The van der Waals surface area contributed by atoms with Crippen LogP contribution in [-0.2, 0) is 14.3 Å². The molecule has 1 aromatic carbocycles. The van der Waals surface area contributed by atoms with Crippen molar-refractivity contribution in [2.75, 3.05) is 18.5 Å². The number of anilines is 1.